The molecule has 1 aromatic carbocycles. The van der Waals surface area contributed by atoms with Crippen molar-refractivity contribution in [2.24, 2.45) is 0 Å². The minimum absolute atomic E-state index is 0.0228. The Hall–Kier alpha value is -0.750. The number of benzene rings is 1. The van der Waals surface area contributed by atoms with Gasteiger partial charge in [0.2, 0.25) is 0 Å². The largest absolute Gasteiger partial charge is 0.490 e. The Balaban J connectivity index is 2.13. The van der Waals surface area contributed by atoms with Crippen LogP contribution in [-0.4, -0.2) is 19.2 Å². The van der Waals surface area contributed by atoms with Crippen molar-refractivity contribution in [3.63, 3.8) is 0 Å². The summed E-state index contributed by atoms with van der Waals surface area (Å²) in [4.78, 5) is 0. The third kappa shape index (κ3) is 4.38. The first-order chi connectivity index (χ1) is 8.95. The summed E-state index contributed by atoms with van der Waals surface area (Å²) < 4.78 is 44.2. The molecule has 0 radical (unpaired) electrons. The first-order valence-electron chi connectivity index (χ1n) is 6.20. The van der Waals surface area contributed by atoms with Crippen LogP contribution in [0.15, 0.2) is 22.7 Å². The molecule has 1 N–H and O–H groups in total. The molecule has 2 rings (SSSR count). The molecule has 106 valence electrons. The highest BCUT2D eigenvalue weighted by Gasteiger charge is 2.31. The zero-order valence-corrected chi connectivity index (χ0v) is 11.9. The summed E-state index contributed by atoms with van der Waals surface area (Å²) in [5, 5.41) is 3.24. The van der Waals surface area contributed by atoms with Gasteiger partial charge in [-0.2, -0.15) is 13.2 Å². The van der Waals surface area contributed by atoms with Crippen LogP contribution in [0.2, 0.25) is 0 Å². The molecule has 1 fully saturated rings. The molecule has 1 heterocycles. The van der Waals surface area contributed by atoms with Gasteiger partial charge < -0.3 is 10.1 Å². The Kier molecular flexibility index (Phi) is 4.73. The molecule has 6 heteroatoms. The minimum atomic E-state index is -4.35. The smallest absolute Gasteiger partial charge is 0.416 e. The molecular weight excluding hydrogens is 323 g/mol. The van der Waals surface area contributed by atoms with Crippen LogP contribution in [0.25, 0.3) is 0 Å². The van der Waals surface area contributed by atoms with Gasteiger partial charge in [-0.15, -0.1) is 0 Å². The maximum atomic E-state index is 12.7. The molecular formula is C13H15BrF3NO. The molecule has 0 aromatic heterocycles. The van der Waals surface area contributed by atoms with Crippen molar-refractivity contribution in [1.82, 2.24) is 5.32 Å². The molecule has 19 heavy (non-hydrogen) atoms. The van der Waals surface area contributed by atoms with Crippen molar-refractivity contribution in [1.29, 1.82) is 0 Å². The van der Waals surface area contributed by atoms with Crippen LogP contribution in [0.3, 0.4) is 0 Å². The second-order valence-corrected chi connectivity index (χ2v) is 5.51. The zero-order valence-electron chi connectivity index (χ0n) is 10.3. The van der Waals surface area contributed by atoms with Gasteiger partial charge in [-0.25, -0.2) is 0 Å². The average Bonchev–Trinajstić information content (AvgIpc) is 2.55. The topological polar surface area (TPSA) is 21.3 Å². The summed E-state index contributed by atoms with van der Waals surface area (Å²) in [5.74, 6) is 0.272. The molecule has 1 atom stereocenters. The number of nitrogens with one attached hydrogen (secondary N) is 1. The maximum absolute atomic E-state index is 12.7. The van der Waals surface area contributed by atoms with Gasteiger partial charge >= 0.3 is 6.18 Å². The lowest BCUT2D eigenvalue weighted by Crippen LogP contribution is -2.19. The molecule has 1 aliphatic heterocycles. The monoisotopic (exact) mass is 337 g/mol. The van der Waals surface area contributed by atoms with Crippen LogP contribution in [0.4, 0.5) is 13.2 Å². The van der Waals surface area contributed by atoms with Gasteiger partial charge in [0.1, 0.15) is 5.75 Å². The zero-order chi connectivity index (χ0) is 13.9. The fourth-order valence-electron chi connectivity index (χ4n) is 2.09. The van der Waals surface area contributed by atoms with Gasteiger partial charge in [-0.05, 0) is 50.6 Å². The first-order valence-corrected chi connectivity index (χ1v) is 6.99. The molecule has 1 aliphatic rings. The van der Waals surface area contributed by atoms with E-state index in [-0.39, 0.29) is 11.9 Å². The minimum Gasteiger partial charge on any atom is -0.490 e. The molecule has 1 aromatic rings. The van der Waals surface area contributed by atoms with Crippen LogP contribution < -0.4 is 10.1 Å². The van der Waals surface area contributed by atoms with Crippen LogP contribution in [0.1, 0.15) is 24.8 Å². The quantitative estimate of drug-likeness (QED) is 0.881. The van der Waals surface area contributed by atoms with Crippen molar-refractivity contribution in [2.45, 2.75) is 31.5 Å². The third-order valence-corrected chi connectivity index (χ3v) is 3.48. The van der Waals surface area contributed by atoms with E-state index in [9.17, 15) is 13.2 Å². The molecule has 0 bridgehead atoms. The Morgan fingerprint density at radius 3 is 2.68 bits per heavy atom. The fourth-order valence-corrected chi connectivity index (χ4v) is 2.56. The van der Waals surface area contributed by atoms with E-state index in [0.29, 0.717) is 4.47 Å². The summed E-state index contributed by atoms with van der Waals surface area (Å²) in [6.45, 7) is 1.77. The third-order valence-electron chi connectivity index (χ3n) is 3.02. The standard InChI is InChI=1S/C13H15BrF3NO/c14-10-6-9(13(15,16)17)7-12(8-10)19-11-2-1-4-18-5-3-11/h6-8,11,18H,1-5H2. The van der Waals surface area contributed by atoms with Crippen molar-refractivity contribution in [3.05, 3.63) is 28.2 Å². The van der Waals surface area contributed by atoms with E-state index < -0.39 is 11.7 Å². The lowest BCUT2D eigenvalue weighted by atomic mass is 10.1. The van der Waals surface area contributed by atoms with Crippen LogP contribution in [0.5, 0.6) is 5.75 Å². The van der Waals surface area contributed by atoms with Gasteiger partial charge in [0.25, 0.3) is 0 Å². The first kappa shape index (κ1) is 14.7. The van der Waals surface area contributed by atoms with Crippen LogP contribution >= 0.6 is 15.9 Å². The van der Waals surface area contributed by atoms with Crippen molar-refractivity contribution >= 4 is 15.9 Å². The molecule has 0 spiro atoms. The molecule has 1 unspecified atom stereocenters. The normalized spacial score (nSPS) is 20.9. The second-order valence-electron chi connectivity index (χ2n) is 4.59. The van der Waals surface area contributed by atoms with Crippen molar-refractivity contribution in [2.75, 3.05) is 13.1 Å². The van der Waals surface area contributed by atoms with E-state index in [1.165, 1.54) is 0 Å². The highest BCUT2D eigenvalue weighted by Crippen LogP contribution is 2.34. The Bertz CT molecular complexity index is 428. The second kappa shape index (κ2) is 6.13. The predicted molar refractivity (Wildman–Crippen MR) is 70.3 cm³/mol. The highest BCUT2D eigenvalue weighted by molar-refractivity contribution is 9.10. The van der Waals surface area contributed by atoms with Gasteiger partial charge in [-0.3, -0.25) is 0 Å². The summed E-state index contributed by atoms with van der Waals surface area (Å²) in [6.07, 6.45) is -1.72. The molecule has 2 nitrogen and oxygen atoms in total. The Morgan fingerprint density at radius 1 is 1.16 bits per heavy atom. The van der Waals surface area contributed by atoms with E-state index in [0.717, 1.165) is 44.5 Å². The highest BCUT2D eigenvalue weighted by atomic mass is 79.9. The molecule has 0 aliphatic carbocycles. The van der Waals surface area contributed by atoms with Gasteiger partial charge in [0.05, 0.1) is 11.7 Å². The lowest BCUT2D eigenvalue weighted by Gasteiger charge is -2.18. The number of ether oxygens (including phenoxy) is 1. The van der Waals surface area contributed by atoms with Crippen molar-refractivity contribution < 1.29 is 17.9 Å². The number of hydrogen-bond acceptors (Lipinski definition) is 2. The fraction of sp³-hybridized carbons (Fsp3) is 0.538. The average molecular weight is 338 g/mol. The maximum Gasteiger partial charge on any atom is 0.416 e. The van der Waals surface area contributed by atoms with Crippen LogP contribution in [-0.2, 0) is 6.18 Å². The number of hydrogen-bond donors (Lipinski definition) is 1. The van der Waals surface area contributed by atoms with E-state index in [1.54, 1.807) is 6.07 Å². The number of halogens is 4. The summed E-state index contributed by atoms with van der Waals surface area (Å²) in [7, 11) is 0. The van der Waals surface area contributed by atoms with E-state index in [2.05, 4.69) is 21.2 Å². The summed E-state index contributed by atoms with van der Waals surface area (Å²) >= 11 is 3.09. The molecule has 0 amide bonds. The van der Waals surface area contributed by atoms with Gasteiger partial charge in [0.15, 0.2) is 0 Å². The van der Waals surface area contributed by atoms with E-state index in [4.69, 9.17) is 4.74 Å². The lowest BCUT2D eigenvalue weighted by molar-refractivity contribution is -0.137. The Labute approximate surface area is 118 Å². The van der Waals surface area contributed by atoms with E-state index >= 15 is 0 Å². The van der Waals surface area contributed by atoms with Crippen molar-refractivity contribution in [3.8, 4) is 5.75 Å². The van der Waals surface area contributed by atoms with Gasteiger partial charge in [-0.1, -0.05) is 15.9 Å². The SMILES string of the molecule is FC(F)(F)c1cc(Br)cc(OC2CCCNCC2)c1. The van der Waals surface area contributed by atoms with Gasteiger partial charge in [0, 0.05) is 4.47 Å². The number of rotatable bonds is 2. The molecule has 0 saturated carbocycles. The number of alkyl halides is 3. The summed E-state index contributed by atoms with van der Waals surface area (Å²) in [6, 6.07) is 3.69. The molecule has 1 saturated heterocycles. The van der Waals surface area contributed by atoms with Crippen LogP contribution in [0, 0.1) is 0 Å². The Morgan fingerprint density at radius 2 is 1.95 bits per heavy atom. The summed E-state index contributed by atoms with van der Waals surface area (Å²) in [5.41, 5.74) is -0.691. The van der Waals surface area contributed by atoms with E-state index in [1.807, 2.05) is 0 Å². The predicted octanol–water partition coefficient (Wildman–Crippen LogP) is 3.99.